The molecule has 4 atom stereocenters. The average Bonchev–Trinajstić information content (AvgIpc) is 2.73. The van der Waals surface area contributed by atoms with Crippen molar-refractivity contribution in [3.8, 4) is 0 Å². The lowest BCUT2D eigenvalue weighted by Crippen LogP contribution is -2.62. The number of amides is 2. The summed E-state index contributed by atoms with van der Waals surface area (Å²) in [5.74, 6) is 0.691. The summed E-state index contributed by atoms with van der Waals surface area (Å²) in [7, 11) is 0. The Kier molecular flexibility index (Phi) is 5.93. The third-order valence-corrected chi connectivity index (χ3v) is 7.61. The first-order valence-corrected chi connectivity index (χ1v) is 11.3. The van der Waals surface area contributed by atoms with Gasteiger partial charge in [-0.05, 0) is 48.8 Å². The van der Waals surface area contributed by atoms with Crippen molar-refractivity contribution in [1.82, 2.24) is 9.80 Å². The van der Waals surface area contributed by atoms with Crippen LogP contribution < -0.4 is 0 Å². The van der Waals surface area contributed by atoms with Gasteiger partial charge in [-0.25, -0.2) is 4.39 Å². The molecule has 1 heterocycles. The molecule has 0 spiro atoms. The van der Waals surface area contributed by atoms with Gasteiger partial charge in [0, 0.05) is 12.1 Å². The van der Waals surface area contributed by atoms with Gasteiger partial charge in [-0.2, -0.15) is 0 Å². The van der Waals surface area contributed by atoms with E-state index in [0.717, 1.165) is 44.1 Å². The molecule has 1 saturated heterocycles. The highest BCUT2D eigenvalue weighted by atomic mass is 19.1. The number of hydrogen-bond donors (Lipinski definition) is 0. The molecule has 158 valence electrons. The third-order valence-electron chi connectivity index (χ3n) is 7.61. The van der Waals surface area contributed by atoms with Crippen LogP contribution in [-0.2, 0) is 9.59 Å². The Hall–Kier alpha value is -1.91. The molecule has 3 fully saturated rings. The fourth-order valence-electron chi connectivity index (χ4n) is 5.72. The molecule has 3 aliphatic rings. The average molecular weight is 401 g/mol. The van der Waals surface area contributed by atoms with Crippen LogP contribution in [0.4, 0.5) is 4.39 Å². The second kappa shape index (κ2) is 8.45. The lowest BCUT2D eigenvalue weighted by atomic mass is 9.76. The van der Waals surface area contributed by atoms with Crippen LogP contribution in [-0.4, -0.2) is 40.2 Å². The Morgan fingerprint density at radius 2 is 1.59 bits per heavy atom. The molecule has 1 aliphatic heterocycles. The maximum atomic E-state index is 13.8. The Bertz CT molecular complexity index is 744. The fraction of sp³-hybridized carbons (Fsp3) is 0.667. The second-order valence-electron chi connectivity index (χ2n) is 9.35. The highest BCUT2D eigenvalue weighted by Gasteiger charge is 2.47. The van der Waals surface area contributed by atoms with E-state index in [2.05, 4.69) is 13.8 Å². The summed E-state index contributed by atoms with van der Waals surface area (Å²) in [6.45, 7) is 4.65. The maximum Gasteiger partial charge on any atom is 0.250 e. The molecule has 0 bridgehead atoms. The van der Waals surface area contributed by atoms with Gasteiger partial charge in [-0.3, -0.25) is 9.59 Å². The topological polar surface area (TPSA) is 40.6 Å². The normalized spacial score (nSPS) is 32.0. The standard InChI is InChI=1S/C24H33FN2O2/c1-16-7-6-10-21(17(16)2)26-15-22(28)27(20-8-4-3-5-9-20)23(24(26)29)18-11-13-19(25)14-12-18/h11-14,16-17,20-21,23H,3-10,15H2,1-2H3. The third kappa shape index (κ3) is 3.93. The number of hydrogen-bond acceptors (Lipinski definition) is 2. The number of piperazine rings is 1. The molecule has 29 heavy (non-hydrogen) atoms. The molecule has 0 N–H and O–H groups in total. The van der Waals surface area contributed by atoms with E-state index in [4.69, 9.17) is 0 Å². The first-order chi connectivity index (χ1) is 14.0. The van der Waals surface area contributed by atoms with Gasteiger partial charge in [-0.1, -0.05) is 58.1 Å². The predicted molar refractivity (Wildman–Crippen MR) is 111 cm³/mol. The van der Waals surface area contributed by atoms with Gasteiger partial charge in [0.1, 0.15) is 18.4 Å². The largest absolute Gasteiger partial charge is 0.328 e. The monoisotopic (exact) mass is 400 g/mol. The van der Waals surface area contributed by atoms with E-state index in [-0.39, 0.29) is 36.3 Å². The van der Waals surface area contributed by atoms with E-state index in [1.807, 2.05) is 9.80 Å². The number of halogens is 1. The van der Waals surface area contributed by atoms with Gasteiger partial charge in [0.25, 0.3) is 5.91 Å². The Morgan fingerprint density at radius 1 is 0.897 bits per heavy atom. The minimum absolute atomic E-state index is 0.0210. The van der Waals surface area contributed by atoms with Crippen molar-refractivity contribution in [1.29, 1.82) is 0 Å². The van der Waals surface area contributed by atoms with Gasteiger partial charge in [0.15, 0.2) is 0 Å². The SMILES string of the molecule is CC1CCCC(N2CC(=O)N(C3CCCCC3)C(c3ccc(F)cc3)C2=O)C1C. The highest BCUT2D eigenvalue weighted by molar-refractivity contribution is 5.96. The maximum absolute atomic E-state index is 13.8. The molecule has 4 nitrogen and oxygen atoms in total. The number of rotatable bonds is 3. The highest BCUT2D eigenvalue weighted by Crippen LogP contribution is 2.39. The fourth-order valence-corrected chi connectivity index (χ4v) is 5.72. The van der Waals surface area contributed by atoms with Crippen LogP contribution in [0, 0.1) is 17.7 Å². The lowest BCUT2D eigenvalue weighted by molar-refractivity contribution is -0.164. The van der Waals surface area contributed by atoms with Crippen molar-refractivity contribution in [2.24, 2.45) is 11.8 Å². The van der Waals surface area contributed by atoms with Crippen molar-refractivity contribution in [3.05, 3.63) is 35.6 Å². The molecular formula is C24H33FN2O2. The van der Waals surface area contributed by atoms with Crippen molar-refractivity contribution < 1.29 is 14.0 Å². The van der Waals surface area contributed by atoms with E-state index in [0.29, 0.717) is 11.8 Å². The smallest absolute Gasteiger partial charge is 0.250 e. The number of nitrogens with zero attached hydrogens (tertiary/aromatic N) is 2. The molecule has 2 saturated carbocycles. The van der Waals surface area contributed by atoms with Crippen LogP contribution in [0.3, 0.4) is 0 Å². The summed E-state index contributed by atoms with van der Waals surface area (Å²) < 4.78 is 13.6. The molecule has 4 unspecified atom stereocenters. The zero-order valence-electron chi connectivity index (χ0n) is 17.6. The summed E-state index contributed by atoms with van der Waals surface area (Å²) in [6.07, 6.45) is 8.53. The van der Waals surface area contributed by atoms with Crippen molar-refractivity contribution >= 4 is 11.8 Å². The van der Waals surface area contributed by atoms with Crippen LogP contribution >= 0.6 is 0 Å². The lowest BCUT2D eigenvalue weighted by Gasteiger charge is -2.50. The van der Waals surface area contributed by atoms with Gasteiger partial charge >= 0.3 is 0 Å². The molecule has 5 heteroatoms. The van der Waals surface area contributed by atoms with Crippen LogP contribution in [0.5, 0.6) is 0 Å². The number of carbonyl (C=O) groups is 2. The quantitative estimate of drug-likeness (QED) is 0.738. The molecule has 1 aromatic carbocycles. The summed E-state index contributed by atoms with van der Waals surface area (Å²) in [5.41, 5.74) is 0.733. The minimum atomic E-state index is -0.621. The summed E-state index contributed by atoms with van der Waals surface area (Å²) >= 11 is 0. The first-order valence-electron chi connectivity index (χ1n) is 11.3. The van der Waals surface area contributed by atoms with Crippen LogP contribution in [0.25, 0.3) is 0 Å². The van der Waals surface area contributed by atoms with Crippen molar-refractivity contribution in [3.63, 3.8) is 0 Å². The van der Waals surface area contributed by atoms with Gasteiger partial charge < -0.3 is 9.80 Å². The Labute approximate surface area is 173 Å². The molecule has 2 amide bonds. The summed E-state index contributed by atoms with van der Waals surface area (Å²) in [6, 6.07) is 5.76. The van der Waals surface area contributed by atoms with Gasteiger partial charge in [0.2, 0.25) is 5.91 Å². The number of benzene rings is 1. The van der Waals surface area contributed by atoms with E-state index in [1.165, 1.54) is 25.0 Å². The summed E-state index contributed by atoms with van der Waals surface area (Å²) in [4.78, 5) is 30.9. The van der Waals surface area contributed by atoms with E-state index < -0.39 is 6.04 Å². The van der Waals surface area contributed by atoms with E-state index in [1.54, 1.807) is 12.1 Å². The zero-order valence-corrected chi connectivity index (χ0v) is 17.6. The predicted octanol–water partition coefficient (Wildman–Crippen LogP) is 4.70. The molecular weight excluding hydrogens is 367 g/mol. The molecule has 2 aliphatic carbocycles. The molecule has 1 aromatic rings. The number of carbonyl (C=O) groups excluding carboxylic acids is 2. The Morgan fingerprint density at radius 3 is 2.28 bits per heavy atom. The van der Waals surface area contributed by atoms with Crippen LogP contribution in [0.15, 0.2) is 24.3 Å². The van der Waals surface area contributed by atoms with Crippen molar-refractivity contribution in [2.75, 3.05) is 6.54 Å². The molecule has 4 rings (SSSR count). The molecule has 0 aromatic heterocycles. The second-order valence-corrected chi connectivity index (χ2v) is 9.35. The van der Waals surface area contributed by atoms with Crippen LogP contribution in [0.1, 0.15) is 76.8 Å². The molecule has 0 radical (unpaired) electrons. The zero-order chi connectivity index (χ0) is 20.5. The summed E-state index contributed by atoms with van der Waals surface area (Å²) in [5, 5.41) is 0. The van der Waals surface area contributed by atoms with Gasteiger partial charge in [0.05, 0.1) is 0 Å². The van der Waals surface area contributed by atoms with E-state index >= 15 is 0 Å². The first kappa shape index (κ1) is 20.4. The van der Waals surface area contributed by atoms with Gasteiger partial charge in [-0.15, -0.1) is 0 Å². The van der Waals surface area contributed by atoms with Crippen molar-refractivity contribution in [2.45, 2.75) is 83.3 Å². The van der Waals surface area contributed by atoms with E-state index in [9.17, 15) is 14.0 Å². The Balaban J connectivity index is 1.68. The van der Waals surface area contributed by atoms with Crippen LogP contribution in [0.2, 0.25) is 0 Å². The minimum Gasteiger partial charge on any atom is -0.328 e.